The van der Waals surface area contributed by atoms with Crippen LogP contribution in [-0.2, 0) is 9.59 Å². The quantitative estimate of drug-likeness (QED) is 0.739. The molecular weight excluding hydrogens is 240 g/mol. The third-order valence-electron chi connectivity index (χ3n) is 3.06. The van der Waals surface area contributed by atoms with Crippen LogP contribution in [0.15, 0.2) is 0 Å². The molecule has 0 radical (unpaired) electrons. The van der Waals surface area contributed by atoms with Gasteiger partial charge in [-0.05, 0) is 12.3 Å². The van der Waals surface area contributed by atoms with Gasteiger partial charge in [0, 0.05) is 13.1 Å². The first-order chi connectivity index (χ1) is 8.43. The van der Waals surface area contributed by atoms with E-state index in [0.717, 1.165) is 17.7 Å². The summed E-state index contributed by atoms with van der Waals surface area (Å²) in [5.41, 5.74) is 0. The third-order valence-corrected chi connectivity index (χ3v) is 3.06. The number of amides is 2. The van der Waals surface area contributed by atoms with E-state index in [9.17, 15) is 14.4 Å². The van der Waals surface area contributed by atoms with Crippen molar-refractivity contribution in [3.8, 4) is 0 Å². The number of carbonyl (C=O) groups excluding carboxylic acids is 1. The maximum Gasteiger partial charge on any atom is 0.323 e. The predicted molar refractivity (Wildman–Crippen MR) is 62.2 cm³/mol. The highest BCUT2D eigenvalue weighted by atomic mass is 16.4. The summed E-state index contributed by atoms with van der Waals surface area (Å²) in [7, 11) is 0. The highest BCUT2D eigenvalue weighted by molar-refractivity contribution is 5.84. The van der Waals surface area contributed by atoms with Crippen molar-refractivity contribution in [1.29, 1.82) is 0 Å². The number of aliphatic carboxylic acids is 2. The minimum Gasteiger partial charge on any atom is -0.480 e. The second-order valence-electron chi connectivity index (χ2n) is 4.44. The normalized spacial score (nSPS) is 18.7. The molecule has 0 aromatic rings. The molecule has 0 bridgehead atoms. The summed E-state index contributed by atoms with van der Waals surface area (Å²) in [6, 6.07) is -0.504. The first-order valence-electron chi connectivity index (χ1n) is 5.91. The third kappa shape index (κ3) is 3.90. The number of carbonyl (C=O) groups is 3. The van der Waals surface area contributed by atoms with Gasteiger partial charge in [-0.25, -0.2) is 4.79 Å². The topological polar surface area (TPSA) is 98.2 Å². The lowest BCUT2D eigenvalue weighted by molar-refractivity contribution is -0.140. The second-order valence-corrected chi connectivity index (χ2v) is 4.44. The first-order valence-corrected chi connectivity index (χ1v) is 5.91. The van der Waals surface area contributed by atoms with Gasteiger partial charge in [0.1, 0.15) is 13.1 Å². The van der Waals surface area contributed by atoms with Crippen LogP contribution in [0.3, 0.4) is 0 Å². The molecule has 1 aliphatic heterocycles. The van der Waals surface area contributed by atoms with Gasteiger partial charge in [-0.1, -0.05) is 13.3 Å². The average molecular weight is 258 g/mol. The van der Waals surface area contributed by atoms with Crippen LogP contribution in [0.2, 0.25) is 0 Å². The lowest BCUT2D eigenvalue weighted by atomic mass is 10.1. The van der Waals surface area contributed by atoms with Crippen molar-refractivity contribution in [1.82, 2.24) is 9.80 Å². The Bertz CT molecular complexity index is 328. The SMILES string of the molecule is CCC1CCN(C(=O)N(CC(=O)O)CC(=O)O)C1. The van der Waals surface area contributed by atoms with Crippen LogP contribution in [0.4, 0.5) is 4.79 Å². The summed E-state index contributed by atoms with van der Waals surface area (Å²) in [6.45, 7) is 2.00. The first kappa shape index (κ1) is 14.3. The average Bonchev–Trinajstić information content (AvgIpc) is 2.74. The molecule has 0 aliphatic carbocycles. The van der Waals surface area contributed by atoms with Gasteiger partial charge in [-0.15, -0.1) is 0 Å². The van der Waals surface area contributed by atoms with Crippen LogP contribution in [0, 0.1) is 5.92 Å². The number of carboxylic acid groups (broad SMARTS) is 2. The number of hydrogen-bond donors (Lipinski definition) is 2. The maximum atomic E-state index is 12.0. The molecule has 1 fully saturated rings. The number of nitrogens with zero attached hydrogens (tertiary/aromatic N) is 2. The van der Waals surface area contributed by atoms with Crippen molar-refractivity contribution in [2.45, 2.75) is 19.8 Å². The molecule has 0 aromatic carbocycles. The Labute approximate surface area is 105 Å². The molecule has 1 saturated heterocycles. The van der Waals surface area contributed by atoms with E-state index in [0.29, 0.717) is 19.0 Å². The summed E-state index contributed by atoms with van der Waals surface area (Å²) >= 11 is 0. The van der Waals surface area contributed by atoms with Crippen LogP contribution < -0.4 is 0 Å². The Kier molecular flexibility index (Phi) is 4.94. The van der Waals surface area contributed by atoms with E-state index in [1.54, 1.807) is 0 Å². The Balaban J connectivity index is 2.64. The fourth-order valence-electron chi connectivity index (χ4n) is 2.06. The molecule has 1 atom stereocenters. The molecule has 7 nitrogen and oxygen atoms in total. The Morgan fingerprint density at radius 3 is 2.17 bits per heavy atom. The molecule has 18 heavy (non-hydrogen) atoms. The summed E-state index contributed by atoms with van der Waals surface area (Å²) in [6.07, 6.45) is 1.85. The van der Waals surface area contributed by atoms with E-state index < -0.39 is 31.1 Å². The second kappa shape index (κ2) is 6.23. The van der Waals surface area contributed by atoms with Crippen molar-refractivity contribution in [3.63, 3.8) is 0 Å². The summed E-state index contributed by atoms with van der Waals surface area (Å²) < 4.78 is 0. The van der Waals surface area contributed by atoms with Gasteiger partial charge in [0.05, 0.1) is 0 Å². The van der Waals surface area contributed by atoms with Crippen LogP contribution in [-0.4, -0.2) is 64.2 Å². The largest absolute Gasteiger partial charge is 0.480 e. The van der Waals surface area contributed by atoms with Gasteiger partial charge in [0.2, 0.25) is 0 Å². The molecule has 7 heteroatoms. The number of rotatable bonds is 5. The Hall–Kier alpha value is -1.79. The Morgan fingerprint density at radius 1 is 1.22 bits per heavy atom. The molecule has 1 rings (SSSR count). The molecule has 1 heterocycles. The van der Waals surface area contributed by atoms with E-state index in [1.807, 2.05) is 6.92 Å². The van der Waals surface area contributed by atoms with Crippen molar-refractivity contribution < 1.29 is 24.6 Å². The molecule has 0 aromatic heterocycles. The van der Waals surface area contributed by atoms with Crippen molar-refractivity contribution in [3.05, 3.63) is 0 Å². The number of likely N-dealkylation sites (tertiary alicyclic amines) is 1. The monoisotopic (exact) mass is 258 g/mol. The van der Waals surface area contributed by atoms with Crippen LogP contribution in [0.1, 0.15) is 19.8 Å². The van der Waals surface area contributed by atoms with Crippen LogP contribution >= 0.6 is 0 Å². The molecule has 0 saturated carbocycles. The van der Waals surface area contributed by atoms with Gasteiger partial charge in [-0.2, -0.15) is 0 Å². The number of carboxylic acids is 2. The minimum atomic E-state index is -1.21. The lowest BCUT2D eigenvalue weighted by Crippen LogP contribution is -2.46. The van der Waals surface area contributed by atoms with E-state index in [2.05, 4.69) is 0 Å². The van der Waals surface area contributed by atoms with Crippen LogP contribution in [0.25, 0.3) is 0 Å². The van der Waals surface area contributed by atoms with Crippen molar-refractivity contribution in [2.24, 2.45) is 5.92 Å². The fraction of sp³-hybridized carbons (Fsp3) is 0.727. The Morgan fingerprint density at radius 2 is 1.78 bits per heavy atom. The smallest absolute Gasteiger partial charge is 0.323 e. The van der Waals surface area contributed by atoms with Gasteiger partial charge < -0.3 is 20.0 Å². The molecule has 0 spiro atoms. The fourth-order valence-corrected chi connectivity index (χ4v) is 2.06. The van der Waals surface area contributed by atoms with Gasteiger partial charge in [0.25, 0.3) is 0 Å². The molecule has 102 valence electrons. The highest BCUT2D eigenvalue weighted by Crippen LogP contribution is 2.20. The highest BCUT2D eigenvalue weighted by Gasteiger charge is 2.30. The predicted octanol–water partition coefficient (Wildman–Crippen LogP) is 0.310. The number of urea groups is 1. The van der Waals surface area contributed by atoms with Crippen molar-refractivity contribution in [2.75, 3.05) is 26.2 Å². The zero-order valence-electron chi connectivity index (χ0n) is 10.3. The molecule has 1 unspecified atom stereocenters. The summed E-state index contributed by atoms with van der Waals surface area (Å²) in [5.74, 6) is -2.00. The molecule has 1 aliphatic rings. The standard InChI is InChI=1S/C11H18N2O5/c1-2-8-3-4-12(5-8)11(18)13(6-9(14)15)7-10(16)17/h8H,2-7H2,1H3,(H,14,15)(H,16,17). The van der Waals surface area contributed by atoms with Gasteiger partial charge in [0.15, 0.2) is 0 Å². The van der Waals surface area contributed by atoms with E-state index >= 15 is 0 Å². The number of hydrogen-bond acceptors (Lipinski definition) is 3. The molecule has 2 N–H and O–H groups in total. The zero-order valence-corrected chi connectivity index (χ0v) is 10.3. The zero-order chi connectivity index (χ0) is 13.7. The van der Waals surface area contributed by atoms with Gasteiger partial charge >= 0.3 is 18.0 Å². The maximum absolute atomic E-state index is 12.0. The van der Waals surface area contributed by atoms with E-state index in [-0.39, 0.29) is 0 Å². The minimum absolute atomic E-state index is 0.422. The van der Waals surface area contributed by atoms with Gasteiger partial charge in [-0.3, -0.25) is 9.59 Å². The molecule has 2 amide bonds. The van der Waals surface area contributed by atoms with Crippen molar-refractivity contribution >= 4 is 18.0 Å². The molecular formula is C11H18N2O5. The van der Waals surface area contributed by atoms with E-state index in [1.165, 1.54) is 4.90 Å². The van der Waals surface area contributed by atoms with E-state index in [4.69, 9.17) is 10.2 Å². The summed E-state index contributed by atoms with van der Waals surface area (Å²) in [5, 5.41) is 17.4. The van der Waals surface area contributed by atoms with Crippen LogP contribution in [0.5, 0.6) is 0 Å². The lowest BCUT2D eigenvalue weighted by Gasteiger charge is -2.25. The summed E-state index contributed by atoms with van der Waals surface area (Å²) in [4.78, 5) is 35.6.